The molecule has 28 heavy (non-hydrogen) atoms. The highest BCUT2D eigenvalue weighted by molar-refractivity contribution is 7.99. The number of aryl methyl sites for hydroxylation is 2. The molecule has 0 atom stereocenters. The maximum Gasteiger partial charge on any atom is 0.191 e. The van der Waals surface area contributed by atoms with Gasteiger partial charge < -0.3 is 4.57 Å². The van der Waals surface area contributed by atoms with Crippen molar-refractivity contribution >= 4 is 27.4 Å². The molecule has 0 unspecified atom stereocenters. The van der Waals surface area contributed by atoms with Crippen LogP contribution in [-0.2, 0) is 22.6 Å². The quantitative estimate of drug-likeness (QED) is 0.435. The van der Waals surface area contributed by atoms with E-state index in [0.717, 1.165) is 11.1 Å². The molecule has 1 heterocycles. The van der Waals surface area contributed by atoms with Gasteiger partial charge in [-0.15, -0.1) is 10.2 Å². The Kier molecular flexibility index (Phi) is 6.00. The summed E-state index contributed by atoms with van der Waals surface area (Å²) in [4.78, 5) is 12.7. The summed E-state index contributed by atoms with van der Waals surface area (Å²) in [5.74, 6) is 0.297. The fraction of sp³-hybridized carbons (Fsp3) is 0.250. The summed E-state index contributed by atoms with van der Waals surface area (Å²) in [5.41, 5.74) is 2.87. The molecule has 0 saturated carbocycles. The monoisotopic (exact) mass is 415 g/mol. The van der Waals surface area contributed by atoms with Gasteiger partial charge in [-0.2, -0.15) is 0 Å². The third-order valence-corrected chi connectivity index (χ3v) is 7.16. The molecule has 0 radical (unpaired) electrons. The third-order valence-electron chi connectivity index (χ3n) is 4.51. The average Bonchev–Trinajstić information content (AvgIpc) is 3.02. The van der Waals surface area contributed by atoms with Crippen molar-refractivity contribution in [2.45, 2.75) is 29.7 Å². The first kappa shape index (κ1) is 20.3. The van der Waals surface area contributed by atoms with Gasteiger partial charge in [-0.25, -0.2) is 8.42 Å². The Bertz CT molecular complexity index is 1110. The molecule has 2 aromatic carbocycles. The summed E-state index contributed by atoms with van der Waals surface area (Å²) in [6.07, 6.45) is 0. The number of carbonyl (C=O) groups is 1. The summed E-state index contributed by atoms with van der Waals surface area (Å²) >= 11 is 1.25. The molecular formula is C20H21N3O3S2. The minimum Gasteiger partial charge on any atom is -0.308 e. The van der Waals surface area contributed by atoms with Gasteiger partial charge in [0.05, 0.1) is 10.6 Å². The van der Waals surface area contributed by atoms with Crippen LogP contribution >= 0.6 is 11.8 Å². The van der Waals surface area contributed by atoms with Crippen LogP contribution in [0.25, 0.3) is 0 Å². The largest absolute Gasteiger partial charge is 0.308 e. The van der Waals surface area contributed by atoms with E-state index in [2.05, 4.69) is 10.2 Å². The molecule has 0 saturated heterocycles. The van der Waals surface area contributed by atoms with Crippen LogP contribution in [-0.4, -0.2) is 34.7 Å². The predicted octanol–water partition coefficient (Wildman–Crippen LogP) is 3.38. The molecule has 0 aliphatic carbocycles. The minimum absolute atomic E-state index is 0.00504. The number of sulfone groups is 1. The Labute approximate surface area is 168 Å². The molecular weight excluding hydrogens is 394 g/mol. The number of Topliss-reactive ketones (excluding diaryl/α,β-unsaturated/α-hetero) is 1. The second kappa shape index (κ2) is 8.28. The second-order valence-corrected chi connectivity index (χ2v) is 9.47. The van der Waals surface area contributed by atoms with Gasteiger partial charge in [-0.3, -0.25) is 4.79 Å². The molecule has 0 spiro atoms. The normalized spacial score (nSPS) is 11.5. The van der Waals surface area contributed by atoms with Gasteiger partial charge in [-0.1, -0.05) is 42.1 Å². The third kappa shape index (κ3) is 4.51. The van der Waals surface area contributed by atoms with E-state index < -0.39 is 9.84 Å². The van der Waals surface area contributed by atoms with E-state index in [1.165, 1.54) is 11.8 Å². The van der Waals surface area contributed by atoms with E-state index in [1.807, 2.05) is 32.0 Å². The molecule has 3 rings (SSSR count). The lowest BCUT2D eigenvalue weighted by atomic mass is 10.0. The molecule has 0 amide bonds. The molecule has 146 valence electrons. The standard InChI is InChI=1S/C20H21N3O3S2/c1-14-9-10-16(11-15(14)2)18(24)12-27-20-22-21-19(23(20)3)13-28(25,26)17-7-5-4-6-8-17/h4-11H,12-13H2,1-3H3. The molecule has 0 aliphatic rings. The van der Waals surface area contributed by atoms with Gasteiger partial charge in [0.1, 0.15) is 11.6 Å². The smallest absolute Gasteiger partial charge is 0.191 e. The van der Waals surface area contributed by atoms with Crippen LogP contribution in [0.2, 0.25) is 0 Å². The van der Waals surface area contributed by atoms with Crippen molar-refractivity contribution in [3.63, 3.8) is 0 Å². The molecule has 0 fully saturated rings. The summed E-state index contributed by atoms with van der Waals surface area (Å²) in [5, 5.41) is 8.56. The number of aromatic nitrogens is 3. The van der Waals surface area contributed by atoms with Crippen LogP contribution in [0.3, 0.4) is 0 Å². The number of benzene rings is 2. The second-order valence-electron chi connectivity index (χ2n) is 6.54. The minimum atomic E-state index is -3.51. The van der Waals surface area contributed by atoms with Crippen molar-refractivity contribution in [1.29, 1.82) is 0 Å². The van der Waals surface area contributed by atoms with Crippen molar-refractivity contribution in [1.82, 2.24) is 14.8 Å². The van der Waals surface area contributed by atoms with Crippen LogP contribution in [0, 0.1) is 13.8 Å². The Hall–Kier alpha value is -2.45. The first-order valence-corrected chi connectivity index (χ1v) is 11.3. The molecule has 0 aliphatic heterocycles. The lowest BCUT2D eigenvalue weighted by Crippen LogP contribution is -2.10. The first-order chi connectivity index (χ1) is 13.3. The Morgan fingerprint density at radius 2 is 1.75 bits per heavy atom. The van der Waals surface area contributed by atoms with E-state index in [9.17, 15) is 13.2 Å². The van der Waals surface area contributed by atoms with Gasteiger partial charge in [0.15, 0.2) is 20.8 Å². The van der Waals surface area contributed by atoms with Gasteiger partial charge in [0.25, 0.3) is 0 Å². The Balaban J connectivity index is 1.69. The first-order valence-electron chi connectivity index (χ1n) is 8.67. The van der Waals surface area contributed by atoms with Crippen molar-refractivity contribution in [2.75, 3.05) is 5.75 Å². The van der Waals surface area contributed by atoms with E-state index in [-0.39, 0.29) is 22.2 Å². The topological polar surface area (TPSA) is 81.9 Å². The average molecular weight is 416 g/mol. The molecule has 1 aromatic heterocycles. The molecule has 3 aromatic rings. The number of ketones is 1. The zero-order valence-corrected chi connectivity index (χ0v) is 17.5. The van der Waals surface area contributed by atoms with Gasteiger partial charge in [0, 0.05) is 12.6 Å². The Morgan fingerprint density at radius 1 is 1.04 bits per heavy atom. The van der Waals surface area contributed by atoms with Gasteiger partial charge in [0.2, 0.25) is 0 Å². The molecule has 8 heteroatoms. The van der Waals surface area contributed by atoms with Crippen molar-refractivity contribution in [2.24, 2.45) is 7.05 Å². The lowest BCUT2D eigenvalue weighted by molar-refractivity contribution is 0.102. The van der Waals surface area contributed by atoms with E-state index in [4.69, 9.17) is 0 Å². The van der Waals surface area contributed by atoms with Gasteiger partial charge in [-0.05, 0) is 43.2 Å². The van der Waals surface area contributed by atoms with Crippen molar-refractivity contribution in [3.8, 4) is 0 Å². The highest BCUT2D eigenvalue weighted by Crippen LogP contribution is 2.21. The van der Waals surface area contributed by atoms with E-state index in [0.29, 0.717) is 16.5 Å². The van der Waals surface area contributed by atoms with E-state index in [1.54, 1.807) is 41.9 Å². The predicted molar refractivity (Wildman–Crippen MR) is 109 cm³/mol. The van der Waals surface area contributed by atoms with Crippen LogP contribution < -0.4 is 0 Å². The highest BCUT2D eigenvalue weighted by atomic mass is 32.2. The molecule has 0 bridgehead atoms. The summed E-state index contributed by atoms with van der Waals surface area (Å²) in [7, 11) is -1.80. The highest BCUT2D eigenvalue weighted by Gasteiger charge is 2.20. The number of rotatable bonds is 7. The number of carbonyl (C=O) groups excluding carboxylic acids is 1. The van der Waals surface area contributed by atoms with Crippen molar-refractivity contribution < 1.29 is 13.2 Å². The molecule has 0 N–H and O–H groups in total. The number of hydrogen-bond donors (Lipinski definition) is 0. The lowest BCUT2D eigenvalue weighted by Gasteiger charge is -2.06. The van der Waals surface area contributed by atoms with E-state index >= 15 is 0 Å². The number of nitrogens with zero attached hydrogens (tertiary/aromatic N) is 3. The van der Waals surface area contributed by atoms with Crippen LogP contribution in [0.5, 0.6) is 0 Å². The fourth-order valence-electron chi connectivity index (χ4n) is 2.61. The SMILES string of the molecule is Cc1ccc(C(=O)CSc2nnc(CS(=O)(=O)c3ccccc3)n2C)cc1C. The van der Waals surface area contributed by atoms with Crippen molar-refractivity contribution in [3.05, 3.63) is 71.0 Å². The maximum atomic E-state index is 12.5. The van der Waals surface area contributed by atoms with Crippen LogP contribution in [0.15, 0.2) is 58.6 Å². The maximum absolute atomic E-state index is 12.5. The fourth-order valence-corrected chi connectivity index (χ4v) is 4.76. The number of hydrogen-bond acceptors (Lipinski definition) is 6. The Morgan fingerprint density at radius 3 is 2.43 bits per heavy atom. The van der Waals surface area contributed by atoms with Gasteiger partial charge >= 0.3 is 0 Å². The summed E-state index contributed by atoms with van der Waals surface area (Å²) < 4.78 is 26.7. The number of thioether (sulfide) groups is 1. The molecule has 6 nitrogen and oxygen atoms in total. The summed E-state index contributed by atoms with van der Waals surface area (Å²) in [6.45, 7) is 3.98. The van der Waals surface area contributed by atoms with Crippen LogP contribution in [0.4, 0.5) is 0 Å². The zero-order chi connectivity index (χ0) is 20.3. The zero-order valence-electron chi connectivity index (χ0n) is 15.9. The summed E-state index contributed by atoms with van der Waals surface area (Å²) in [6, 6.07) is 13.9. The van der Waals surface area contributed by atoms with Crippen LogP contribution in [0.1, 0.15) is 27.3 Å².